The fourth-order valence-electron chi connectivity index (χ4n) is 4.06. The summed E-state index contributed by atoms with van der Waals surface area (Å²) in [5.74, 6) is 3.03. The summed E-state index contributed by atoms with van der Waals surface area (Å²) >= 11 is 0. The molecule has 0 aromatic carbocycles. The van der Waals surface area contributed by atoms with Crippen LogP contribution in [0.1, 0.15) is 37.9 Å². The first kappa shape index (κ1) is 18.8. The Kier molecular flexibility index (Phi) is 6.09. The van der Waals surface area contributed by atoms with E-state index in [1.165, 1.54) is 19.3 Å². The van der Waals surface area contributed by atoms with Gasteiger partial charge in [-0.05, 0) is 56.4 Å². The van der Waals surface area contributed by atoms with Crippen molar-refractivity contribution in [3.8, 4) is 0 Å². The van der Waals surface area contributed by atoms with Gasteiger partial charge < -0.3 is 19.5 Å². The Morgan fingerprint density at radius 3 is 2.29 bits per heavy atom. The molecule has 2 saturated heterocycles. The van der Waals surface area contributed by atoms with E-state index in [-0.39, 0.29) is 11.8 Å². The van der Waals surface area contributed by atoms with Gasteiger partial charge in [0.05, 0.1) is 6.26 Å². The predicted octanol–water partition coefficient (Wildman–Crippen LogP) is 2.64. The summed E-state index contributed by atoms with van der Waals surface area (Å²) < 4.78 is 5.30. The maximum absolute atomic E-state index is 12.4. The number of hydrogen-bond acceptors (Lipinski definition) is 6. The van der Waals surface area contributed by atoms with E-state index in [2.05, 4.69) is 37.4 Å². The van der Waals surface area contributed by atoms with E-state index >= 15 is 0 Å². The molecule has 0 atom stereocenters. The van der Waals surface area contributed by atoms with Crippen LogP contribution in [0, 0.1) is 5.92 Å². The average molecular weight is 383 g/mol. The second-order valence-corrected chi connectivity index (χ2v) is 7.68. The van der Waals surface area contributed by atoms with E-state index in [9.17, 15) is 4.79 Å². The van der Waals surface area contributed by atoms with E-state index in [0.29, 0.717) is 6.54 Å². The van der Waals surface area contributed by atoms with Gasteiger partial charge in [-0.1, -0.05) is 0 Å². The predicted molar refractivity (Wildman–Crippen MR) is 108 cm³/mol. The lowest BCUT2D eigenvalue weighted by Crippen LogP contribution is -2.41. The molecule has 1 N–H and O–H groups in total. The van der Waals surface area contributed by atoms with Crippen LogP contribution in [-0.4, -0.2) is 48.8 Å². The molecule has 4 rings (SSSR count). The summed E-state index contributed by atoms with van der Waals surface area (Å²) in [6, 6.07) is 7.96. The molecule has 7 nitrogen and oxygen atoms in total. The Balaban J connectivity index is 1.22. The quantitative estimate of drug-likeness (QED) is 0.827. The number of furan rings is 1. The zero-order valence-corrected chi connectivity index (χ0v) is 16.3. The highest BCUT2D eigenvalue weighted by Crippen LogP contribution is 2.23. The number of carbonyl (C=O) groups is 1. The molecule has 0 radical (unpaired) electrons. The summed E-state index contributed by atoms with van der Waals surface area (Å²) in [5.41, 5.74) is 0. The van der Waals surface area contributed by atoms with Gasteiger partial charge in [0.15, 0.2) is 11.6 Å². The highest BCUT2D eigenvalue weighted by molar-refractivity contribution is 5.79. The van der Waals surface area contributed by atoms with Crippen LogP contribution in [0.5, 0.6) is 0 Å². The van der Waals surface area contributed by atoms with Crippen LogP contribution in [0.2, 0.25) is 0 Å². The van der Waals surface area contributed by atoms with Crippen molar-refractivity contribution in [3.05, 3.63) is 36.3 Å². The number of rotatable bonds is 6. The molecule has 0 aliphatic carbocycles. The lowest BCUT2D eigenvalue weighted by molar-refractivity contribution is -0.125. The van der Waals surface area contributed by atoms with Crippen LogP contribution in [-0.2, 0) is 11.2 Å². The Morgan fingerprint density at radius 2 is 1.68 bits per heavy atom. The maximum atomic E-state index is 12.4. The Hall–Kier alpha value is -2.57. The van der Waals surface area contributed by atoms with Gasteiger partial charge in [0.2, 0.25) is 5.91 Å². The van der Waals surface area contributed by atoms with Crippen molar-refractivity contribution in [1.29, 1.82) is 0 Å². The van der Waals surface area contributed by atoms with Crippen molar-refractivity contribution in [3.63, 3.8) is 0 Å². The van der Waals surface area contributed by atoms with Gasteiger partial charge in [0.25, 0.3) is 0 Å². The van der Waals surface area contributed by atoms with Gasteiger partial charge in [-0.15, -0.1) is 10.2 Å². The molecule has 28 heavy (non-hydrogen) atoms. The summed E-state index contributed by atoms with van der Waals surface area (Å²) in [6.07, 6.45) is 7.88. The minimum atomic E-state index is 0.0773. The van der Waals surface area contributed by atoms with Crippen LogP contribution in [0.25, 0.3) is 0 Å². The van der Waals surface area contributed by atoms with Crippen LogP contribution >= 0.6 is 0 Å². The molecule has 7 heteroatoms. The molecule has 2 aromatic rings. The van der Waals surface area contributed by atoms with Gasteiger partial charge in [0, 0.05) is 45.1 Å². The number of carbonyl (C=O) groups excluding carboxylic acids is 1. The minimum absolute atomic E-state index is 0.0773. The first-order valence-corrected chi connectivity index (χ1v) is 10.4. The highest BCUT2D eigenvalue weighted by Gasteiger charge is 2.25. The standard InChI is InChI=1S/C21H29N5O2/c27-21(22-11-8-18-5-4-16-28-18)17-9-14-26(15-10-17)20-7-6-19(23-24-20)25-12-2-1-3-13-25/h4-7,16-17H,1-3,8-15H2,(H,22,27). The van der Waals surface area contributed by atoms with Crippen molar-refractivity contribution in [2.75, 3.05) is 42.5 Å². The van der Waals surface area contributed by atoms with E-state index in [1.807, 2.05) is 12.1 Å². The second-order valence-electron chi connectivity index (χ2n) is 7.68. The number of piperidine rings is 2. The lowest BCUT2D eigenvalue weighted by atomic mass is 9.96. The molecule has 2 aromatic heterocycles. The zero-order chi connectivity index (χ0) is 19.2. The molecule has 0 spiro atoms. The van der Waals surface area contributed by atoms with Crippen LogP contribution in [0.3, 0.4) is 0 Å². The molecule has 2 aliphatic rings. The highest BCUT2D eigenvalue weighted by atomic mass is 16.3. The fraction of sp³-hybridized carbons (Fsp3) is 0.571. The summed E-state index contributed by atoms with van der Waals surface area (Å²) in [4.78, 5) is 17.0. The Morgan fingerprint density at radius 1 is 1.00 bits per heavy atom. The Labute approximate surface area is 166 Å². The number of aromatic nitrogens is 2. The molecule has 1 amide bonds. The summed E-state index contributed by atoms with van der Waals surface area (Å²) in [5, 5.41) is 11.9. The molecular formula is C21H29N5O2. The lowest BCUT2D eigenvalue weighted by Gasteiger charge is -2.32. The monoisotopic (exact) mass is 383 g/mol. The van der Waals surface area contributed by atoms with Crippen LogP contribution in [0.4, 0.5) is 11.6 Å². The van der Waals surface area contributed by atoms with E-state index < -0.39 is 0 Å². The van der Waals surface area contributed by atoms with Gasteiger partial charge >= 0.3 is 0 Å². The SMILES string of the molecule is O=C(NCCc1ccco1)C1CCN(c2ccc(N3CCCCC3)nn2)CC1. The Bertz CT molecular complexity index is 733. The molecule has 0 unspecified atom stereocenters. The van der Waals surface area contributed by atoms with Crippen LogP contribution in [0.15, 0.2) is 34.9 Å². The first-order chi connectivity index (χ1) is 13.8. The molecule has 2 aliphatic heterocycles. The van der Waals surface area contributed by atoms with Crippen molar-refractivity contribution in [2.24, 2.45) is 5.92 Å². The third-order valence-corrected chi connectivity index (χ3v) is 5.76. The number of nitrogens with one attached hydrogen (secondary N) is 1. The van der Waals surface area contributed by atoms with Crippen molar-refractivity contribution < 1.29 is 9.21 Å². The summed E-state index contributed by atoms with van der Waals surface area (Å²) in [6.45, 7) is 4.46. The zero-order valence-electron chi connectivity index (χ0n) is 16.3. The second kappa shape index (κ2) is 9.08. The molecule has 0 bridgehead atoms. The topological polar surface area (TPSA) is 74.5 Å². The fourth-order valence-corrected chi connectivity index (χ4v) is 4.06. The van der Waals surface area contributed by atoms with E-state index in [4.69, 9.17) is 4.42 Å². The van der Waals surface area contributed by atoms with Crippen molar-refractivity contribution in [1.82, 2.24) is 15.5 Å². The number of anilines is 2. The van der Waals surface area contributed by atoms with Crippen molar-refractivity contribution >= 4 is 17.5 Å². The van der Waals surface area contributed by atoms with Crippen LogP contribution < -0.4 is 15.1 Å². The number of nitrogens with zero attached hydrogens (tertiary/aromatic N) is 4. The van der Waals surface area contributed by atoms with Gasteiger partial charge in [-0.2, -0.15) is 0 Å². The largest absolute Gasteiger partial charge is 0.469 e. The van der Waals surface area contributed by atoms with E-state index in [0.717, 1.165) is 62.8 Å². The third kappa shape index (κ3) is 4.64. The number of hydrogen-bond donors (Lipinski definition) is 1. The molecule has 0 saturated carbocycles. The summed E-state index contributed by atoms with van der Waals surface area (Å²) in [7, 11) is 0. The van der Waals surface area contributed by atoms with E-state index in [1.54, 1.807) is 6.26 Å². The van der Waals surface area contributed by atoms with Gasteiger partial charge in [0.1, 0.15) is 5.76 Å². The molecule has 4 heterocycles. The minimum Gasteiger partial charge on any atom is -0.469 e. The molecule has 2 fully saturated rings. The average Bonchev–Trinajstić information content (AvgIpc) is 3.28. The molecular weight excluding hydrogens is 354 g/mol. The smallest absolute Gasteiger partial charge is 0.223 e. The normalized spacial score (nSPS) is 18.3. The van der Waals surface area contributed by atoms with Crippen molar-refractivity contribution in [2.45, 2.75) is 38.5 Å². The van der Waals surface area contributed by atoms with Gasteiger partial charge in [-0.3, -0.25) is 4.79 Å². The third-order valence-electron chi connectivity index (χ3n) is 5.76. The first-order valence-electron chi connectivity index (χ1n) is 10.4. The maximum Gasteiger partial charge on any atom is 0.223 e. The number of amides is 1. The van der Waals surface area contributed by atoms with Gasteiger partial charge in [-0.25, -0.2) is 0 Å². The molecule has 150 valence electrons.